The molecule has 5 heteroatoms. The first-order valence-corrected chi connectivity index (χ1v) is 6.96. The Balaban J connectivity index is 2.33. The number of ether oxygens (including phenoxy) is 1. The molecule has 0 amide bonds. The third-order valence-corrected chi connectivity index (χ3v) is 4.21. The molecule has 1 atom stereocenters. The van der Waals surface area contributed by atoms with Crippen LogP contribution in [0.5, 0.6) is 0 Å². The van der Waals surface area contributed by atoms with Gasteiger partial charge in [-0.25, -0.2) is 0 Å². The largest absolute Gasteiger partial charge is 0.480 e. The summed E-state index contributed by atoms with van der Waals surface area (Å²) >= 11 is 1.91. The molecule has 0 spiro atoms. The van der Waals surface area contributed by atoms with E-state index in [1.807, 2.05) is 11.8 Å². The van der Waals surface area contributed by atoms with Gasteiger partial charge < -0.3 is 9.84 Å². The molecule has 0 aliphatic heterocycles. The smallest absolute Gasteiger partial charge is 0.323 e. The molecule has 4 nitrogen and oxygen atoms in total. The maximum Gasteiger partial charge on any atom is 0.323 e. The predicted molar refractivity (Wildman–Crippen MR) is 66.0 cm³/mol. The first-order valence-electron chi connectivity index (χ1n) is 5.68. The molecule has 1 rings (SSSR count). The molecule has 0 aromatic carbocycles. The minimum absolute atomic E-state index is 0.234. The Labute approximate surface area is 101 Å². The highest BCUT2D eigenvalue weighted by molar-refractivity contribution is 7.99. The van der Waals surface area contributed by atoms with E-state index in [9.17, 15) is 4.79 Å². The lowest BCUT2D eigenvalue weighted by atomic mass is 9.94. The molecule has 2 N–H and O–H groups in total. The maximum absolute atomic E-state index is 10.9. The van der Waals surface area contributed by atoms with Crippen molar-refractivity contribution in [2.45, 2.75) is 43.0 Å². The number of thioether (sulfide) groups is 1. The van der Waals surface area contributed by atoms with Gasteiger partial charge in [-0.05, 0) is 31.9 Å². The predicted octanol–water partition coefficient (Wildman–Crippen LogP) is 1.35. The van der Waals surface area contributed by atoms with Gasteiger partial charge in [0.15, 0.2) is 0 Å². The van der Waals surface area contributed by atoms with Crippen LogP contribution in [-0.2, 0) is 9.53 Å². The number of methoxy groups -OCH3 is 1. The minimum Gasteiger partial charge on any atom is -0.480 e. The highest BCUT2D eigenvalue weighted by atomic mass is 32.2. The van der Waals surface area contributed by atoms with E-state index in [4.69, 9.17) is 9.84 Å². The van der Waals surface area contributed by atoms with Crippen molar-refractivity contribution in [1.82, 2.24) is 5.32 Å². The lowest BCUT2D eigenvalue weighted by molar-refractivity contribution is -0.141. The molecule has 16 heavy (non-hydrogen) atoms. The van der Waals surface area contributed by atoms with Gasteiger partial charge in [0.25, 0.3) is 0 Å². The number of hydrogen-bond acceptors (Lipinski definition) is 4. The van der Waals surface area contributed by atoms with Crippen molar-refractivity contribution >= 4 is 17.7 Å². The topological polar surface area (TPSA) is 58.6 Å². The van der Waals surface area contributed by atoms with Crippen molar-refractivity contribution in [1.29, 1.82) is 0 Å². The molecule has 1 aliphatic carbocycles. The van der Waals surface area contributed by atoms with Crippen LogP contribution in [-0.4, -0.2) is 48.4 Å². The molecule has 1 unspecified atom stereocenters. The van der Waals surface area contributed by atoms with E-state index in [2.05, 4.69) is 11.6 Å². The first kappa shape index (κ1) is 13.8. The molecule has 1 fully saturated rings. The number of nitrogens with one attached hydrogen (secondary N) is 1. The van der Waals surface area contributed by atoms with Gasteiger partial charge in [0.1, 0.15) is 6.04 Å². The minimum atomic E-state index is -0.825. The number of carbonyl (C=O) groups is 1. The van der Waals surface area contributed by atoms with Crippen LogP contribution in [0.4, 0.5) is 0 Å². The van der Waals surface area contributed by atoms with Crippen LogP contribution in [0.1, 0.15) is 25.7 Å². The zero-order valence-corrected chi connectivity index (χ0v) is 10.8. The maximum atomic E-state index is 10.9. The molecule has 0 aromatic rings. The summed E-state index contributed by atoms with van der Waals surface area (Å²) in [5, 5.41) is 12.9. The Morgan fingerprint density at radius 3 is 2.56 bits per heavy atom. The quantitative estimate of drug-likeness (QED) is 0.742. The fourth-order valence-corrected chi connectivity index (χ4v) is 2.85. The Morgan fingerprint density at radius 1 is 1.50 bits per heavy atom. The third kappa shape index (κ3) is 4.31. The summed E-state index contributed by atoms with van der Waals surface area (Å²) < 4.78 is 4.90. The van der Waals surface area contributed by atoms with Gasteiger partial charge in [0.05, 0.1) is 6.61 Å². The number of carboxylic acid groups (broad SMARTS) is 1. The molecule has 94 valence electrons. The number of hydrogen-bond donors (Lipinski definition) is 2. The van der Waals surface area contributed by atoms with Crippen molar-refractivity contribution in [3.8, 4) is 0 Å². The molecule has 0 bridgehead atoms. The number of rotatable bonds is 6. The van der Waals surface area contributed by atoms with Crippen LogP contribution in [0.2, 0.25) is 0 Å². The summed E-state index contributed by atoms with van der Waals surface area (Å²) in [5.74, 6) is -0.825. The second kappa shape index (κ2) is 7.14. The molecule has 0 heterocycles. The van der Waals surface area contributed by atoms with Gasteiger partial charge in [-0.15, -0.1) is 0 Å². The van der Waals surface area contributed by atoms with Crippen molar-refractivity contribution in [2.75, 3.05) is 20.0 Å². The van der Waals surface area contributed by atoms with Gasteiger partial charge in [-0.2, -0.15) is 11.8 Å². The van der Waals surface area contributed by atoms with Crippen LogP contribution >= 0.6 is 11.8 Å². The average molecular weight is 247 g/mol. The SMILES string of the molecule is COCC(NC1CCC(SC)CC1)C(=O)O. The number of carboxylic acids is 1. The highest BCUT2D eigenvalue weighted by Crippen LogP contribution is 2.26. The van der Waals surface area contributed by atoms with E-state index >= 15 is 0 Å². The molecule has 0 saturated heterocycles. The van der Waals surface area contributed by atoms with Crippen molar-refractivity contribution in [2.24, 2.45) is 0 Å². The van der Waals surface area contributed by atoms with Gasteiger partial charge in [-0.1, -0.05) is 0 Å². The Bertz CT molecular complexity index is 217. The molecule has 1 saturated carbocycles. The molecule has 0 aromatic heterocycles. The highest BCUT2D eigenvalue weighted by Gasteiger charge is 2.25. The van der Waals surface area contributed by atoms with Gasteiger partial charge in [0.2, 0.25) is 0 Å². The monoisotopic (exact) mass is 247 g/mol. The Hall–Kier alpha value is -0.260. The molecular weight excluding hydrogens is 226 g/mol. The van der Waals surface area contributed by atoms with Crippen LogP contribution in [0.3, 0.4) is 0 Å². The lowest BCUT2D eigenvalue weighted by Gasteiger charge is -2.30. The first-order chi connectivity index (χ1) is 7.67. The van der Waals surface area contributed by atoms with Crippen LogP contribution in [0.15, 0.2) is 0 Å². The van der Waals surface area contributed by atoms with Crippen LogP contribution in [0.25, 0.3) is 0 Å². The second-order valence-electron chi connectivity index (χ2n) is 4.22. The van der Waals surface area contributed by atoms with E-state index < -0.39 is 12.0 Å². The third-order valence-electron chi connectivity index (χ3n) is 3.08. The van der Waals surface area contributed by atoms with E-state index in [0.717, 1.165) is 18.1 Å². The van der Waals surface area contributed by atoms with Crippen molar-refractivity contribution in [3.63, 3.8) is 0 Å². The molecule has 1 aliphatic rings. The molecular formula is C11H21NO3S. The van der Waals surface area contributed by atoms with E-state index in [1.165, 1.54) is 20.0 Å². The zero-order chi connectivity index (χ0) is 12.0. The summed E-state index contributed by atoms with van der Waals surface area (Å²) in [7, 11) is 1.53. The summed E-state index contributed by atoms with van der Waals surface area (Å²) in [6.45, 7) is 0.234. The van der Waals surface area contributed by atoms with Gasteiger partial charge in [-0.3, -0.25) is 10.1 Å². The number of aliphatic carboxylic acids is 1. The zero-order valence-electron chi connectivity index (χ0n) is 9.94. The van der Waals surface area contributed by atoms with E-state index in [-0.39, 0.29) is 6.61 Å². The fraction of sp³-hybridized carbons (Fsp3) is 0.909. The fourth-order valence-electron chi connectivity index (χ4n) is 2.11. The summed E-state index contributed by atoms with van der Waals surface area (Å²) in [6.07, 6.45) is 6.64. The standard InChI is InChI=1S/C11H21NO3S/c1-15-7-10(11(13)14)12-8-3-5-9(16-2)6-4-8/h8-10,12H,3-7H2,1-2H3,(H,13,14). The summed E-state index contributed by atoms with van der Waals surface area (Å²) in [5.41, 5.74) is 0. The summed E-state index contributed by atoms with van der Waals surface area (Å²) in [4.78, 5) is 10.9. The van der Waals surface area contributed by atoms with Gasteiger partial charge in [0, 0.05) is 18.4 Å². The van der Waals surface area contributed by atoms with Crippen LogP contribution < -0.4 is 5.32 Å². The van der Waals surface area contributed by atoms with Gasteiger partial charge >= 0.3 is 5.97 Å². The summed E-state index contributed by atoms with van der Waals surface area (Å²) in [6, 6.07) is -0.236. The van der Waals surface area contributed by atoms with Crippen LogP contribution in [0, 0.1) is 0 Å². The normalized spacial score (nSPS) is 27.6. The Kier molecular flexibility index (Phi) is 6.16. The van der Waals surface area contributed by atoms with Crippen molar-refractivity contribution in [3.05, 3.63) is 0 Å². The average Bonchev–Trinajstić information content (AvgIpc) is 2.29. The lowest BCUT2D eigenvalue weighted by Crippen LogP contribution is -2.47. The van der Waals surface area contributed by atoms with E-state index in [1.54, 1.807) is 0 Å². The second-order valence-corrected chi connectivity index (χ2v) is 5.36. The van der Waals surface area contributed by atoms with E-state index in [0.29, 0.717) is 6.04 Å². The Morgan fingerprint density at radius 2 is 2.12 bits per heavy atom. The van der Waals surface area contributed by atoms with Crippen molar-refractivity contribution < 1.29 is 14.6 Å². The molecule has 0 radical (unpaired) electrons.